The van der Waals surface area contributed by atoms with E-state index in [0.717, 1.165) is 18.1 Å². The maximum atomic E-state index is 14.0. The van der Waals surface area contributed by atoms with E-state index in [0.29, 0.717) is 38.8 Å². The van der Waals surface area contributed by atoms with Crippen LogP contribution in [0.2, 0.25) is 0 Å². The van der Waals surface area contributed by atoms with Crippen LogP contribution in [0.25, 0.3) is 0 Å². The largest absolute Gasteiger partial charge is 0.502 e. The van der Waals surface area contributed by atoms with Crippen molar-refractivity contribution in [2.75, 3.05) is 31.4 Å². The number of fused-ring (bicyclic) bond motifs is 1. The Bertz CT molecular complexity index is 1360. The van der Waals surface area contributed by atoms with Gasteiger partial charge in [-0.1, -0.05) is 13.0 Å². The standard InChI is InChI=1S/C26H28F2N4O5S/c1-2-8-37-9-3-7-30-16-31(13-17-6-10-38-15-17)32-14-20(23(33)24(34)22(32)26(30)36)25(35)29-12-18-4-5-19(27)11-21(18)28/h4-6,10-11,14-15,34H,2-3,7-9,12-13,16H2,1H3,(H,29,35). The van der Waals surface area contributed by atoms with Gasteiger partial charge in [-0.25, -0.2) is 8.78 Å². The molecule has 1 aromatic carbocycles. The highest BCUT2D eigenvalue weighted by Crippen LogP contribution is 2.23. The predicted octanol–water partition coefficient (Wildman–Crippen LogP) is 3.19. The summed E-state index contributed by atoms with van der Waals surface area (Å²) in [6, 6.07) is 4.85. The monoisotopic (exact) mass is 546 g/mol. The molecule has 0 unspecified atom stereocenters. The number of ether oxygens (including phenoxy) is 1. The third-order valence-corrected chi connectivity index (χ3v) is 6.73. The lowest BCUT2D eigenvalue weighted by atomic mass is 10.1. The molecule has 3 heterocycles. The fraction of sp³-hybridized carbons (Fsp3) is 0.346. The molecule has 0 saturated heterocycles. The molecule has 1 aliphatic rings. The molecule has 0 bridgehead atoms. The first-order valence-corrected chi connectivity index (χ1v) is 13.1. The number of carbonyl (C=O) groups is 2. The van der Waals surface area contributed by atoms with Gasteiger partial charge in [-0.15, -0.1) is 0 Å². The summed E-state index contributed by atoms with van der Waals surface area (Å²) in [7, 11) is 0. The van der Waals surface area contributed by atoms with Gasteiger partial charge in [0.25, 0.3) is 11.8 Å². The van der Waals surface area contributed by atoms with Crippen LogP contribution in [0.1, 0.15) is 51.7 Å². The van der Waals surface area contributed by atoms with Gasteiger partial charge in [0, 0.05) is 44.1 Å². The van der Waals surface area contributed by atoms with Crippen LogP contribution in [0.3, 0.4) is 0 Å². The van der Waals surface area contributed by atoms with Crippen LogP contribution in [0.15, 0.2) is 46.0 Å². The minimum absolute atomic E-state index is 0.0230. The van der Waals surface area contributed by atoms with Crippen molar-refractivity contribution in [3.63, 3.8) is 0 Å². The molecule has 4 rings (SSSR count). The second-order valence-corrected chi connectivity index (χ2v) is 9.58. The predicted molar refractivity (Wildman–Crippen MR) is 138 cm³/mol. The van der Waals surface area contributed by atoms with Crippen LogP contribution in [0.4, 0.5) is 8.78 Å². The van der Waals surface area contributed by atoms with E-state index < -0.39 is 40.2 Å². The molecular formula is C26H28F2N4O5S. The maximum absolute atomic E-state index is 14.0. The number of aromatic hydroxyl groups is 1. The SMILES string of the molecule is CCCOCCCN1CN(Cc2ccsc2)n2cc(C(=O)NCc3ccc(F)cc3F)c(=O)c(O)c2C1=O. The molecule has 0 fully saturated rings. The Morgan fingerprint density at radius 2 is 2.03 bits per heavy atom. The Morgan fingerprint density at radius 1 is 1.21 bits per heavy atom. The molecule has 3 aromatic rings. The molecule has 12 heteroatoms. The molecule has 9 nitrogen and oxygen atoms in total. The number of hydrogen-bond donors (Lipinski definition) is 2. The number of carbonyl (C=O) groups excluding carboxylic acids is 2. The van der Waals surface area contributed by atoms with Crippen molar-refractivity contribution in [1.29, 1.82) is 0 Å². The lowest BCUT2D eigenvalue weighted by molar-refractivity contribution is 0.0647. The van der Waals surface area contributed by atoms with Gasteiger partial charge < -0.3 is 20.1 Å². The summed E-state index contributed by atoms with van der Waals surface area (Å²) < 4.78 is 34.0. The summed E-state index contributed by atoms with van der Waals surface area (Å²) in [5.41, 5.74) is -0.719. The average Bonchev–Trinajstić information content (AvgIpc) is 3.40. The minimum Gasteiger partial charge on any atom is -0.502 e. The van der Waals surface area contributed by atoms with Crippen molar-refractivity contribution in [2.24, 2.45) is 0 Å². The normalized spacial score (nSPS) is 13.1. The Balaban J connectivity index is 1.61. The number of rotatable bonds is 11. The number of hydrogen-bond acceptors (Lipinski definition) is 7. The van der Waals surface area contributed by atoms with Gasteiger partial charge in [0.05, 0.1) is 6.54 Å². The lowest BCUT2D eigenvalue weighted by Gasteiger charge is -2.39. The third kappa shape index (κ3) is 6.03. The van der Waals surface area contributed by atoms with E-state index in [-0.39, 0.29) is 24.5 Å². The Kier molecular flexibility index (Phi) is 8.74. The van der Waals surface area contributed by atoms with Gasteiger partial charge in [-0.05, 0) is 41.3 Å². The zero-order valence-corrected chi connectivity index (χ0v) is 21.6. The number of aromatic nitrogens is 1. The maximum Gasteiger partial charge on any atom is 0.277 e. The van der Waals surface area contributed by atoms with Crippen molar-refractivity contribution in [3.05, 3.63) is 85.5 Å². The molecule has 202 valence electrons. The summed E-state index contributed by atoms with van der Waals surface area (Å²) in [6.07, 6.45) is 2.67. The highest BCUT2D eigenvalue weighted by molar-refractivity contribution is 7.07. The minimum atomic E-state index is -1.02. The van der Waals surface area contributed by atoms with Crippen LogP contribution in [-0.2, 0) is 17.8 Å². The van der Waals surface area contributed by atoms with E-state index in [2.05, 4.69) is 5.32 Å². The van der Waals surface area contributed by atoms with Gasteiger partial charge in [0.15, 0.2) is 11.4 Å². The van der Waals surface area contributed by atoms with E-state index in [4.69, 9.17) is 4.74 Å². The van der Waals surface area contributed by atoms with E-state index in [1.54, 1.807) is 5.01 Å². The molecule has 0 radical (unpaired) electrons. The van der Waals surface area contributed by atoms with Crippen molar-refractivity contribution in [3.8, 4) is 5.75 Å². The van der Waals surface area contributed by atoms with E-state index in [1.165, 1.54) is 33.2 Å². The zero-order chi connectivity index (χ0) is 27.2. The first-order chi connectivity index (χ1) is 18.3. The highest BCUT2D eigenvalue weighted by Gasteiger charge is 2.34. The number of nitrogens with one attached hydrogen (secondary N) is 1. The zero-order valence-electron chi connectivity index (χ0n) is 20.8. The molecular weight excluding hydrogens is 518 g/mol. The fourth-order valence-electron chi connectivity index (χ4n) is 4.08. The van der Waals surface area contributed by atoms with Crippen molar-refractivity contribution >= 4 is 23.2 Å². The molecule has 0 spiro atoms. The summed E-state index contributed by atoms with van der Waals surface area (Å²) in [4.78, 5) is 40.7. The van der Waals surface area contributed by atoms with Gasteiger partial charge in [-0.2, -0.15) is 11.3 Å². The average molecular weight is 547 g/mol. The van der Waals surface area contributed by atoms with Crippen LogP contribution < -0.4 is 15.8 Å². The fourth-order valence-corrected chi connectivity index (χ4v) is 4.74. The lowest BCUT2D eigenvalue weighted by Crippen LogP contribution is -2.54. The van der Waals surface area contributed by atoms with E-state index >= 15 is 0 Å². The molecule has 38 heavy (non-hydrogen) atoms. The number of pyridine rings is 1. The van der Waals surface area contributed by atoms with Crippen molar-refractivity contribution < 1.29 is 28.2 Å². The number of halogens is 2. The van der Waals surface area contributed by atoms with Crippen molar-refractivity contribution in [2.45, 2.75) is 32.9 Å². The molecule has 0 saturated carbocycles. The van der Waals surface area contributed by atoms with Crippen LogP contribution >= 0.6 is 11.3 Å². The summed E-state index contributed by atoms with van der Waals surface area (Å²) in [6.45, 7) is 3.63. The Hall–Kier alpha value is -3.77. The van der Waals surface area contributed by atoms with Gasteiger partial charge >= 0.3 is 0 Å². The summed E-state index contributed by atoms with van der Waals surface area (Å²) >= 11 is 1.50. The molecule has 1 aliphatic heterocycles. The third-order valence-electron chi connectivity index (χ3n) is 6.00. The van der Waals surface area contributed by atoms with Crippen molar-refractivity contribution in [1.82, 2.24) is 14.9 Å². The van der Waals surface area contributed by atoms with Crippen LogP contribution in [0, 0.1) is 11.6 Å². The molecule has 2 N–H and O–H groups in total. The van der Waals surface area contributed by atoms with Crippen LogP contribution in [0.5, 0.6) is 5.75 Å². The number of nitrogens with zero attached hydrogens (tertiary/aromatic N) is 3. The number of thiophene rings is 1. The topological polar surface area (TPSA) is 104 Å². The number of amides is 2. The summed E-state index contributed by atoms with van der Waals surface area (Å²) in [5.74, 6) is -3.87. The van der Waals surface area contributed by atoms with Crippen LogP contribution in [-0.4, -0.2) is 52.9 Å². The molecule has 2 aromatic heterocycles. The Labute approximate surface area is 221 Å². The highest BCUT2D eigenvalue weighted by atomic mass is 32.1. The Morgan fingerprint density at radius 3 is 2.74 bits per heavy atom. The quantitative estimate of drug-likeness (QED) is 0.358. The van der Waals surface area contributed by atoms with Gasteiger partial charge in [-0.3, -0.25) is 24.1 Å². The van der Waals surface area contributed by atoms with Gasteiger partial charge in [0.1, 0.15) is 23.9 Å². The smallest absolute Gasteiger partial charge is 0.277 e. The second kappa shape index (κ2) is 12.2. The number of benzene rings is 1. The van der Waals surface area contributed by atoms with Gasteiger partial charge in [0.2, 0.25) is 5.43 Å². The second-order valence-electron chi connectivity index (χ2n) is 8.80. The summed E-state index contributed by atoms with van der Waals surface area (Å²) in [5, 5.41) is 18.8. The molecule has 0 aliphatic carbocycles. The molecule has 0 atom stereocenters. The first-order valence-electron chi connectivity index (χ1n) is 12.1. The van der Waals surface area contributed by atoms with E-state index in [1.807, 2.05) is 23.8 Å². The first kappa shape index (κ1) is 27.3. The van der Waals surface area contributed by atoms with E-state index in [9.17, 15) is 28.3 Å². The molecule has 2 amide bonds.